The molecule has 0 bridgehead atoms. The molecule has 0 radical (unpaired) electrons. The molecule has 1 amide bonds. The highest BCUT2D eigenvalue weighted by molar-refractivity contribution is 5.94. The van der Waals surface area contributed by atoms with E-state index in [1.165, 1.54) is 13.1 Å². The first-order valence-corrected chi connectivity index (χ1v) is 6.27. The molecule has 0 aromatic heterocycles. The summed E-state index contributed by atoms with van der Waals surface area (Å²) < 4.78 is 36.5. The monoisotopic (exact) mass is 299 g/mol. The Morgan fingerprint density at radius 2 is 2.05 bits per heavy atom. The predicted molar refractivity (Wildman–Crippen MR) is 72.8 cm³/mol. The van der Waals surface area contributed by atoms with Gasteiger partial charge < -0.3 is 10.0 Å². The molecule has 0 saturated carbocycles. The molecule has 0 saturated heterocycles. The van der Waals surface area contributed by atoms with Gasteiger partial charge in [0, 0.05) is 24.7 Å². The maximum absolute atomic E-state index is 12.2. The Labute approximate surface area is 121 Å². The van der Waals surface area contributed by atoms with Gasteiger partial charge in [-0.2, -0.15) is 13.2 Å². The number of aliphatic hydroxyl groups excluding tert-OH is 1. The summed E-state index contributed by atoms with van der Waals surface area (Å²) in [6, 6.07) is 4.74. The van der Waals surface area contributed by atoms with Crippen molar-refractivity contribution in [3.05, 3.63) is 34.9 Å². The van der Waals surface area contributed by atoms with Crippen molar-refractivity contribution in [2.45, 2.75) is 19.5 Å². The van der Waals surface area contributed by atoms with Gasteiger partial charge in [-0.25, -0.2) is 0 Å². The second kappa shape index (κ2) is 7.14. The number of hydrogen-bond acceptors (Lipinski definition) is 2. The van der Waals surface area contributed by atoms with E-state index in [4.69, 9.17) is 5.11 Å². The van der Waals surface area contributed by atoms with E-state index in [-0.39, 0.29) is 12.2 Å². The number of nitrogens with zero attached hydrogens (tertiary/aromatic N) is 1. The summed E-state index contributed by atoms with van der Waals surface area (Å²) in [6.45, 7) is 1.10. The Morgan fingerprint density at radius 1 is 1.38 bits per heavy atom. The average molecular weight is 299 g/mol. The first-order chi connectivity index (χ1) is 9.74. The van der Waals surface area contributed by atoms with Crippen LogP contribution in [0.4, 0.5) is 13.2 Å². The highest BCUT2D eigenvalue weighted by Gasteiger charge is 2.28. The molecule has 0 heterocycles. The van der Waals surface area contributed by atoms with E-state index in [1.807, 2.05) is 0 Å². The van der Waals surface area contributed by atoms with Gasteiger partial charge in [0.25, 0.3) is 5.91 Å². The Kier molecular flexibility index (Phi) is 5.79. The number of alkyl halides is 3. The summed E-state index contributed by atoms with van der Waals surface area (Å²) in [7, 11) is 1.33. The largest absolute Gasteiger partial charge is 0.390 e. The molecule has 0 aliphatic heterocycles. The number of hydrogen-bond donors (Lipinski definition) is 1. The average Bonchev–Trinajstić information content (AvgIpc) is 2.42. The van der Waals surface area contributed by atoms with Crippen molar-refractivity contribution in [2.24, 2.45) is 0 Å². The van der Waals surface area contributed by atoms with E-state index in [0.29, 0.717) is 5.56 Å². The zero-order valence-corrected chi connectivity index (χ0v) is 11.8. The van der Waals surface area contributed by atoms with Crippen molar-refractivity contribution in [3.8, 4) is 11.8 Å². The molecular formula is C15H16F3NO2. The molecule has 114 valence electrons. The lowest BCUT2D eigenvalue weighted by atomic mass is 10.0. The molecule has 0 atom stereocenters. The van der Waals surface area contributed by atoms with E-state index in [0.717, 1.165) is 10.5 Å². The fourth-order valence-electron chi connectivity index (χ4n) is 1.64. The lowest BCUT2D eigenvalue weighted by molar-refractivity contribution is -0.136. The van der Waals surface area contributed by atoms with Crippen LogP contribution in [0.1, 0.15) is 27.9 Å². The lowest BCUT2D eigenvalue weighted by Crippen LogP contribution is -2.30. The molecule has 0 unspecified atom stereocenters. The molecule has 21 heavy (non-hydrogen) atoms. The van der Waals surface area contributed by atoms with Gasteiger partial charge in [-0.3, -0.25) is 4.79 Å². The van der Waals surface area contributed by atoms with Gasteiger partial charge in [0.05, 0.1) is 6.42 Å². The molecule has 3 nitrogen and oxygen atoms in total. The van der Waals surface area contributed by atoms with E-state index in [1.54, 1.807) is 19.1 Å². The molecule has 0 aliphatic carbocycles. The van der Waals surface area contributed by atoms with E-state index < -0.39 is 25.0 Å². The van der Waals surface area contributed by atoms with Crippen LogP contribution in [0.5, 0.6) is 0 Å². The Morgan fingerprint density at radius 3 is 2.62 bits per heavy atom. The quantitative estimate of drug-likeness (QED) is 0.871. The number of carbonyl (C=O) groups is 1. The van der Waals surface area contributed by atoms with Gasteiger partial charge in [0.15, 0.2) is 0 Å². The predicted octanol–water partition coefficient (Wildman–Crippen LogP) is 2.36. The van der Waals surface area contributed by atoms with Crippen molar-refractivity contribution in [2.75, 3.05) is 20.2 Å². The fraction of sp³-hybridized carbons (Fsp3) is 0.400. The summed E-state index contributed by atoms with van der Waals surface area (Å²) in [6.07, 6.45) is -5.34. The molecule has 1 aromatic rings. The third-order valence-electron chi connectivity index (χ3n) is 2.86. The summed E-state index contributed by atoms with van der Waals surface area (Å²) in [4.78, 5) is 13.1. The standard InChI is InChI=1S/C15H16F3NO2/c1-11-5-6-13(10-12(11)4-3-9-20)14(21)19(2)8-7-15(16,17)18/h5-6,10,20H,7-9H2,1-2H3. The van der Waals surface area contributed by atoms with Gasteiger partial charge in [-0.05, 0) is 24.6 Å². The maximum Gasteiger partial charge on any atom is 0.390 e. The number of amides is 1. The van der Waals surface area contributed by atoms with Gasteiger partial charge >= 0.3 is 6.18 Å². The SMILES string of the molecule is Cc1ccc(C(=O)N(C)CCC(F)(F)F)cc1C#CCO. The fourth-order valence-corrected chi connectivity index (χ4v) is 1.64. The van der Waals surface area contributed by atoms with Crippen molar-refractivity contribution in [3.63, 3.8) is 0 Å². The lowest BCUT2D eigenvalue weighted by Gasteiger charge is -2.18. The highest BCUT2D eigenvalue weighted by Crippen LogP contribution is 2.20. The zero-order valence-electron chi connectivity index (χ0n) is 11.8. The van der Waals surface area contributed by atoms with Crippen LogP contribution in [0.3, 0.4) is 0 Å². The molecule has 6 heteroatoms. The minimum Gasteiger partial charge on any atom is -0.384 e. The first-order valence-electron chi connectivity index (χ1n) is 6.27. The van der Waals surface area contributed by atoms with Crippen LogP contribution in [-0.2, 0) is 0 Å². The molecule has 0 aliphatic rings. The van der Waals surface area contributed by atoms with Crippen molar-refractivity contribution >= 4 is 5.91 Å². The van der Waals surface area contributed by atoms with Gasteiger partial charge in [-0.1, -0.05) is 17.9 Å². The van der Waals surface area contributed by atoms with Crippen molar-refractivity contribution in [1.29, 1.82) is 0 Å². The zero-order chi connectivity index (χ0) is 16.0. The van der Waals surface area contributed by atoms with Gasteiger partial charge in [0.2, 0.25) is 0 Å². The second-order valence-electron chi connectivity index (χ2n) is 4.58. The van der Waals surface area contributed by atoms with E-state index in [9.17, 15) is 18.0 Å². The first kappa shape index (κ1) is 17.1. The smallest absolute Gasteiger partial charge is 0.384 e. The van der Waals surface area contributed by atoms with Crippen LogP contribution in [0, 0.1) is 18.8 Å². The molecule has 1 rings (SSSR count). The third kappa shape index (κ3) is 5.48. The third-order valence-corrected chi connectivity index (χ3v) is 2.86. The number of halogens is 3. The number of carbonyl (C=O) groups excluding carboxylic acids is 1. The van der Waals surface area contributed by atoms with E-state index in [2.05, 4.69) is 11.8 Å². The summed E-state index contributed by atoms with van der Waals surface area (Å²) in [5.74, 6) is 4.69. The van der Waals surface area contributed by atoms with Crippen molar-refractivity contribution in [1.82, 2.24) is 4.90 Å². The van der Waals surface area contributed by atoms with Crippen LogP contribution in [0.15, 0.2) is 18.2 Å². The number of aryl methyl sites for hydroxylation is 1. The normalized spacial score (nSPS) is 10.8. The topological polar surface area (TPSA) is 40.5 Å². The molecule has 1 N–H and O–H groups in total. The van der Waals surface area contributed by atoms with Crippen LogP contribution in [-0.4, -0.2) is 42.3 Å². The maximum atomic E-state index is 12.2. The summed E-state index contributed by atoms with van der Waals surface area (Å²) in [5.41, 5.74) is 1.66. The van der Waals surface area contributed by atoms with Gasteiger partial charge in [-0.15, -0.1) is 0 Å². The minimum absolute atomic E-state index is 0.271. The molecule has 1 aromatic carbocycles. The Hall–Kier alpha value is -2.00. The Bertz CT molecular complexity index is 571. The summed E-state index contributed by atoms with van der Waals surface area (Å²) in [5, 5.41) is 8.68. The van der Waals surface area contributed by atoms with Crippen molar-refractivity contribution < 1.29 is 23.1 Å². The van der Waals surface area contributed by atoms with Crippen LogP contribution in [0.2, 0.25) is 0 Å². The second-order valence-corrected chi connectivity index (χ2v) is 4.58. The minimum atomic E-state index is -4.29. The van der Waals surface area contributed by atoms with Gasteiger partial charge in [0.1, 0.15) is 6.61 Å². The number of aliphatic hydroxyl groups is 1. The molecule has 0 spiro atoms. The Balaban J connectivity index is 2.87. The number of rotatable bonds is 3. The van der Waals surface area contributed by atoms with Crippen LogP contribution in [0.25, 0.3) is 0 Å². The van der Waals surface area contributed by atoms with Crippen LogP contribution >= 0.6 is 0 Å². The summed E-state index contributed by atoms with van der Waals surface area (Å²) >= 11 is 0. The highest BCUT2D eigenvalue weighted by atomic mass is 19.4. The molecular weight excluding hydrogens is 283 g/mol. The molecule has 0 fully saturated rings. The van der Waals surface area contributed by atoms with Crippen LogP contribution < -0.4 is 0 Å². The van der Waals surface area contributed by atoms with E-state index >= 15 is 0 Å². The number of benzene rings is 1.